The van der Waals surface area contributed by atoms with Crippen molar-refractivity contribution in [3.63, 3.8) is 0 Å². The average molecular weight is 222 g/mol. The fraction of sp³-hybridized carbons (Fsp3) is 0.133. The van der Waals surface area contributed by atoms with Crippen LogP contribution in [-0.2, 0) is 0 Å². The molecule has 1 heterocycles. The molecular weight excluding hydrogens is 208 g/mol. The monoisotopic (exact) mass is 222 g/mol. The summed E-state index contributed by atoms with van der Waals surface area (Å²) in [5.74, 6) is 0. The fourth-order valence-corrected chi connectivity index (χ4v) is 2.14. The highest BCUT2D eigenvalue weighted by atomic mass is 14.9. The third-order valence-corrected chi connectivity index (χ3v) is 3.03. The van der Waals surface area contributed by atoms with Crippen LogP contribution in [-0.4, -0.2) is 5.71 Å². The number of aryl methyl sites for hydroxylation is 1. The number of aliphatic imine (C=N–C) groups is 1. The molecule has 0 saturated carbocycles. The summed E-state index contributed by atoms with van der Waals surface area (Å²) >= 11 is 0. The van der Waals surface area contributed by atoms with Crippen LogP contribution in [0.15, 0.2) is 47.5 Å². The summed E-state index contributed by atoms with van der Waals surface area (Å²) in [6.07, 6.45) is 0. The molecule has 2 nitrogen and oxygen atoms in total. The summed E-state index contributed by atoms with van der Waals surface area (Å²) in [6, 6.07) is 14.6. The van der Waals surface area contributed by atoms with E-state index in [-0.39, 0.29) is 0 Å². The zero-order valence-electron chi connectivity index (χ0n) is 9.99. The van der Waals surface area contributed by atoms with Gasteiger partial charge in [-0.25, -0.2) is 0 Å². The molecule has 17 heavy (non-hydrogen) atoms. The molecule has 1 aliphatic rings. The number of hydrogen-bond donors (Lipinski definition) is 1. The van der Waals surface area contributed by atoms with Gasteiger partial charge in [-0.3, -0.25) is 4.99 Å². The molecule has 0 spiro atoms. The van der Waals surface area contributed by atoms with Crippen LogP contribution in [0.5, 0.6) is 0 Å². The molecule has 0 aromatic heterocycles. The molecule has 2 heteroatoms. The van der Waals surface area contributed by atoms with Gasteiger partial charge in [0.15, 0.2) is 0 Å². The van der Waals surface area contributed by atoms with Crippen LogP contribution in [0.3, 0.4) is 0 Å². The van der Waals surface area contributed by atoms with Gasteiger partial charge in [0.25, 0.3) is 0 Å². The number of benzene rings is 2. The molecule has 2 aromatic rings. The van der Waals surface area contributed by atoms with E-state index in [1.54, 1.807) is 0 Å². The topological polar surface area (TPSA) is 24.4 Å². The lowest BCUT2D eigenvalue weighted by Crippen LogP contribution is -1.97. The fourth-order valence-electron chi connectivity index (χ4n) is 2.14. The van der Waals surface area contributed by atoms with E-state index >= 15 is 0 Å². The van der Waals surface area contributed by atoms with Crippen LogP contribution in [0.2, 0.25) is 0 Å². The highest BCUT2D eigenvalue weighted by Crippen LogP contribution is 2.34. The first-order valence-electron chi connectivity index (χ1n) is 5.76. The number of hydrogen-bond acceptors (Lipinski definition) is 2. The molecule has 1 N–H and O–H groups in total. The molecular formula is C15H14N2. The smallest absolute Gasteiger partial charge is 0.0868 e. The predicted octanol–water partition coefficient (Wildman–Crippen LogP) is 4.19. The zero-order valence-corrected chi connectivity index (χ0v) is 9.99. The van der Waals surface area contributed by atoms with Crippen molar-refractivity contribution in [2.75, 3.05) is 5.32 Å². The van der Waals surface area contributed by atoms with E-state index < -0.39 is 0 Å². The molecule has 0 unspecified atom stereocenters. The van der Waals surface area contributed by atoms with Crippen LogP contribution in [0, 0.1) is 6.92 Å². The Bertz CT molecular complexity index is 612. The first kappa shape index (κ1) is 10.1. The zero-order chi connectivity index (χ0) is 11.8. The third-order valence-electron chi connectivity index (χ3n) is 3.03. The Kier molecular flexibility index (Phi) is 2.22. The molecule has 0 radical (unpaired) electrons. The van der Waals surface area contributed by atoms with Gasteiger partial charge in [0.1, 0.15) is 0 Å². The van der Waals surface area contributed by atoms with E-state index in [9.17, 15) is 0 Å². The van der Waals surface area contributed by atoms with Crippen molar-refractivity contribution >= 4 is 22.8 Å². The quantitative estimate of drug-likeness (QED) is 0.710. The number of anilines is 2. The minimum atomic E-state index is 1.00. The first-order chi connectivity index (χ1) is 8.24. The molecule has 1 aliphatic heterocycles. The Labute approximate surface area is 101 Å². The molecule has 0 aliphatic carbocycles. The van der Waals surface area contributed by atoms with Crippen molar-refractivity contribution in [3.8, 4) is 0 Å². The molecule has 0 atom stereocenters. The van der Waals surface area contributed by atoms with Gasteiger partial charge >= 0.3 is 0 Å². The number of nitrogens with zero attached hydrogens (tertiary/aromatic N) is 1. The second kappa shape index (κ2) is 3.74. The lowest BCUT2D eigenvalue weighted by Gasteiger charge is -2.09. The van der Waals surface area contributed by atoms with Gasteiger partial charge in [-0.15, -0.1) is 0 Å². The average Bonchev–Trinajstić information content (AvgIpc) is 2.46. The molecule has 0 saturated heterocycles. The highest BCUT2D eigenvalue weighted by molar-refractivity contribution is 6.07. The van der Waals surface area contributed by atoms with Crippen molar-refractivity contribution in [3.05, 3.63) is 53.6 Å². The summed E-state index contributed by atoms with van der Waals surface area (Å²) in [5, 5.41) is 3.46. The highest BCUT2D eigenvalue weighted by Gasteiger charge is 2.12. The van der Waals surface area contributed by atoms with Crippen LogP contribution in [0.1, 0.15) is 18.1 Å². The minimum Gasteiger partial charge on any atom is -0.353 e. The first-order valence-corrected chi connectivity index (χ1v) is 5.76. The molecule has 0 fully saturated rings. The summed E-state index contributed by atoms with van der Waals surface area (Å²) in [7, 11) is 0. The van der Waals surface area contributed by atoms with E-state index in [1.807, 2.05) is 12.1 Å². The van der Waals surface area contributed by atoms with E-state index in [1.165, 1.54) is 11.1 Å². The predicted molar refractivity (Wildman–Crippen MR) is 72.8 cm³/mol. The second-order valence-corrected chi connectivity index (χ2v) is 4.39. The second-order valence-electron chi connectivity index (χ2n) is 4.39. The lowest BCUT2D eigenvalue weighted by molar-refractivity contribution is 1.42. The van der Waals surface area contributed by atoms with Crippen molar-refractivity contribution in [1.29, 1.82) is 0 Å². The van der Waals surface area contributed by atoms with Crippen molar-refractivity contribution in [2.45, 2.75) is 13.8 Å². The van der Waals surface area contributed by atoms with Crippen molar-refractivity contribution in [2.24, 2.45) is 4.99 Å². The third kappa shape index (κ3) is 1.72. The Morgan fingerprint density at radius 3 is 2.65 bits per heavy atom. The Morgan fingerprint density at radius 1 is 0.941 bits per heavy atom. The number of fused-ring (bicyclic) bond motifs is 2. The van der Waals surface area contributed by atoms with Gasteiger partial charge in [0.05, 0.1) is 11.4 Å². The van der Waals surface area contributed by atoms with Gasteiger partial charge in [-0.05, 0) is 37.6 Å². The summed E-state index contributed by atoms with van der Waals surface area (Å²) < 4.78 is 0. The van der Waals surface area contributed by atoms with Gasteiger partial charge in [-0.1, -0.05) is 24.3 Å². The largest absolute Gasteiger partial charge is 0.353 e. The summed E-state index contributed by atoms with van der Waals surface area (Å²) in [6.45, 7) is 4.14. The normalized spacial score (nSPS) is 12.9. The van der Waals surface area contributed by atoms with Gasteiger partial charge < -0.3 is 5.32 Å². The Morgan fingerprint density at radius 2 is 1.76 bits per heavy atom. The Balaban J connectivity index is 2.24. The molecule has 84 valence electrons. The van der Waals surface area contributed by atoms with E-state index in [0.29, 0.717) is 0 Å². The van der Waals surface area contributed by atoms with Crippen LogP contribution in [0.4, 0.5) is 17.1 Å². The molecule has 3 rings (SSSR count). The Hall–Kier alpha value is -2.09. The summed E-state index contributed by atoms with van der Waals surface area (Å²) in [4.78, 5) is 4.68. The number of nitrogens with one attached hydrogen (secondary N) is 1. The molecule has 0 amide bonds. The maximum absolute atomic E-state index is 4.68. The van der Waals surface area contributed by atoms with Crippen LogP contribution in [0.25, 0.3) is 0 Å². The molecule has 2 aromatic carbocycles. The van der Waals surface area contributed by atoms with Crippen LogP contribution >= 0.6 is 0 Å². The number of para-hydroxylation sites is 1. The van der Waals surface area contributed by atoms with E-state index in [4.69, 9.17) is 0 Å². The van der Waals surface area contributed by atoms with E-state index in [2.05, 4.69) is 54.5 Å². The summed E-state index contributed by atoms with van der Waals surface area (Å²) in [5.41, 5.74) is 6.66. The molecule has 0 bridgehead atoms. The van der Waals surface area contributed by atoms with Crippen molar-refractivity contribution in [1.82, 2.24) is 0 Å². The SMILES string of the molecule is CC1=Nc2ccc(C)cc2Nc2ccccc21. The maximum atomic E-state index is 4.68. The van der Waals surface area contributed by atoms with E-state index in [0.717, 1.165) is 22.8 Å². The number of rotatable bonds is 0. The van der Waals surface area contributed by atoms with Gasteiger partial charge in [0.2, 0.25) is 0 Å². The lowest BCUT2D eigenvalue weighted by atomic mass is 10.1. The standard InChI is InChI=1S/C15H14N2/c1-10-7-8-14-15(9-10)17-13-6-4-3-5-12(13)11(2)16-14/h3-9,17H,1-2H3. The van der Waals surface area contributed by atoms with Crippen LogP contribution < -0.4 is 5.32 Å². The minimum absolute atomic E-state index is 1.00. The van der Waals surface area contributed by atoms with Gasteiger partial charge in [0, 0.05) is 17.0 Å². The maximum Gasteiger partial charge on any atom is 0.0868 e. The van der Waals surface area contributed by atoms with Gasteiger partial charge in [-0.2, -0.15) is 0 Å². The van der Waals surface area contributed by atoms with Crippen molar-refractivity contribution < 1.29 is 0 Å².